The SMILES string of the molecule is CCc1ccccc1C(Cc1ccc(F)c(Br)c1)NN. The first-order chi connectivity index (χ1) is 9.65. The van der Waals surface area contributed by atoms with E-state index < -0.39 is 0 Å². The van der Waals surface area contributed by atoms with E-state index in [1.807, 2.05) is 12.1 Å². The van der Waals surface area contributed by atoms with Crippen LogP contribution in [0.5, 0.6) is 0 Å². The van der Waals surface area contributed by atoms with Crippen LogP contribution in [-0.2, 0) is 12.8 Å². The molecule has 0 amide bonds. The molecule has 0 bridgehead atoms. The molecule has 3 N–H and O–H groups in total. The number of nitrogens with two attached hydrogens (primary N) is 1. The van der Waals surface area contributed by atoms with Crippen LogP contribution in [0.3, 0.4) is 0 Å². The molecule has 20 heavy (non-hydrogen) atoms. The molecule has 0 radical (unpaired) electrons. The van der Waals surface area contributed by atoms with Crippen LogP contribution in [0, 0.1) is 5.82 Å². The fourth-order valence-corrected chi connectivity index (χ4v) is 2.78. The van der Waals surface area contributed by atoms with Gasteiger partial charge in [0.15, 0.2) is 0 Å². The van der Waals surface area contributed by atoms with Gasteiger partial charge in [0.25, 0.3) is 0 Å². The number of hydrazine groups is 1. The molecule has 2 aromatic rings. The fraction of sp³-hybridized carbons (Fsp3) is 0.250. The van der Waals surface area contributed by atoms with Gasteiger partial charge in [-0.05, 0) is 57.6 Å². The quantitative estimate of drug-likeness (QED) is 0.642. The predicted octanol–water partition coefficient (Wildman–Crippen LogP) is 3.90. The van der Waals surface area contributed by atoms with Crippen LogP contribution >= 0.6 is 15.9 Å². The summed E-state index contributed by atoms with van der Waals surface area (Å²) in [6.45, 7) is 2.13. The number of aryl methyl sites for hydroxylation is 1. The molecule has 0 aliphatic rings. The average Bonchev–Trinajstić information content (AvgIpc) is 2.48. The number of hydrogen-bond donors (Lipinski definition) is 2. The van der Waals surface area contributed by atoms with Gasteiger partial charge in [0.05, 0.1) is 10.5 Å². The zero-order chi connectivity index (χ0) is 14.5. The number of nitrogens with one attached hydrogen (secondary N) is 1. The maximum atomic E-state index is 13.3. The number of benzene rings is 2. The van der Waals surface area contributed by atoms with E-state index in [0.29, 0.717) is 10.9 Å². The summed E-state index contributed by atoms with van der Waals surface area (Å²) in [5.41, 5.74) is 6.37. The van der Waals surface area contributed by atoms with Crippen molar-refractivity contribution in [3.8, 4) is 0 Å². The highest BCUT2D eigenvalue weighted by molar-refractivity contribution is 9.10. The van der Waals surface area contributed by atoms with Crippen LogP contribution in [-0.4, -0.2) is 0 Å². The zero-order valence-electron chi connectivity index (χ0n) is 11.4. The Morgan fingerprint density at radius 1 is 1.25 bits per heavy atom. The molecule has 0 aliphatic carbocycles. The second-order valence-corrected chi connectivity index (χ2v) is 5.58. The molecule has 0 saturated heterocycles. The van der Waals surface area contributed by atoms with Crippen LogP contribution in [0.15, 0.2) is 46.9 Å². The van der Waals surface area contributed by atoms with Crippen molar-refractivity contribution in [3.63, 3.8) is 0 Å². The Hall–Kier alpha value is -1.23. The van der Waals surface area contributed by atoms with Gasteiger partial charge in [-0.1, -0.05) is 37.3 Å². The maximum Gasteiger partial charge on any atom is 0.137 e. The van der Waals surface area contributed by atoms with Crippen LogP contribution < -0.4 is 11.3 Å². The van der Waals surface area contributed by atoms with E-state index in [4.69, 9.17) is 5.84 Å². The normalized spacial score (nSPS) is 12.4. The summed E-state index contributed by atoms with van der Waals surface area (Å²) in [7, 11) is 0. The molecule has 0 aliphatic heterocycles. The molecule has 0 heterocycles. The fourth-order valence-electron chi connectivity index (χ4n) is 2.36. The third-order valence-corrected chi connectivity index (χ3v) is 4.04. The Morgan fingerprint density at radius 3 is 2.65 bits per heavy atom. The Bertz CT molecular complexity index is 586. The first-order valence-electron chi connectivity index (χ1n) is 6.63. The smallest absolute Gasteiger partial charge is 0.137 e. The van der Waals surface area contributed by atoms with E-state index in [9.17, 15) is 4.39 Å². The van der Waals surface area contributed by atoms with Gasteiger partial charge >= 0.3 is 0 Å². The van der Waals surface area contributed by atoms with Crippen molar-refractivity contribution in [1.82, 2.24) is 5.43 Å². The Labute approximate surface area is 127 Å². The summed E-state index contributed by atoms with van der Waals surface area (Å²) in [6.07, 6.45) is 1.67. The highest BCUT2D eigenvalue weighted by Crippen LogP contribution is 2.24. The van der Waals surface area contributed by atoms with Crippen molar-refractivity contribution in [3.05, 3.63) is 69.4 Å². The minimum Gasteiger partial charge on any atom is -0.271 e. The molecule has 2 aromatic carbocycles. The van der Waals surface area contributed by atoms with Gasteiger partial charge in [-0.3, -0.25) is 11.3 Å². The molecule has 2 rings (SSSR count). The molecular weight excluding hydrogens is 319 g/mol. The van der Waals surface area contributed by atoms with Crippen LogP contribution in [0.2, 0.25) is 0 Å². The predicted molar refractivity (Wildman–Crippen MR) is 83.7 cm³/mol. The van der Waals surface area contributed by atoms with Crippen LogP contribution in [0.1, 0.15) is 29.7 Å². The third-order valence-electron chi connectivity index (χ3n) is 3.44. The van der Waals surface area contributed by atoms with E-state index in [2.05, 4.69) is 40.4 Å². The average molecular weight is 337 g/mol. The lowest BCUT2D eigenvalue weighted by atomic mass is 9.94. The first-order valence-corrected chi connectivity index (χ1v) is 7.42. The van der Waals surface area contributed by atoms with Crippen LogP contribution in [0.25, 0.3) is 0 Å². The number of rotatable bonds is 5. The molecule has 2 nitrogen and oxygen atoms in total. The van der Waals surface area contributed by atoms with E-state index in [-0.39, 0.29) is 11.9 Å². The summed E-state index contributed by atoms with van der Waals surface area (Å²) in [5.74, 6) is 5.46. The molecule has 1 atom stereocenters. The van der Waals surface area contributed by atoms with E-state index >= 15 is 0 Å². The largest absolute Gasteiger partial charge is 0.271 e. The van der Waals surface area contributed by atoms with E-state index in [0.717, 1.165) is 12.0 Å². The van der Waals surface area contributed by atoms with Gasteiger partial charge in [-0.15, -0.1) is 0 Å². The lowest BCUT2D eigenvalue weighted by Gasteiger charge is -2.19. The van der Waals surface area contributed by atoms with Crippen LogP contribution in [0.4, 0.5) is 4.39 Å². The van der Waals surface area contributed by atoms with Gasteiger partial charge < -0.3 is 0 Å². The van der Waals surface area contributed by atoms with Gasteiger partial charge in [0.1, 0.15) is 5.82 Å². The van der Waals surface area contributed by atoms with Crippen molar-refractivity contribution in [2.24, 2.45) is 5.84 Å². The van der Waals surface area contributed by atoms with Crippen molar-refractivity contribution in [2.75, 3.05) is 0 Å². The highest BCUT2D eigenvalue weighted by Gasteiger charge is 2.14. The van der Waals surface area contributed by atoms with Crippen molar-refractivity contribution in [1.29, 1.82) is 0 Å². The number of hydrogen-bond acceptors (Lipinski definition) is 2. The van der Waals surface area contributed by atoms with Gasteiger partial charge in [-0.2, -0.15) is 0 Å². The lowest BCUT2D eigenvalue weighted by molar-refractivity contribution is 0.546. The standard InChI is InChI=1S/C16H18BrFN2/c1-2-12-5-3-4-6-13(12)16(20-19)10-11-7-8-15(18)14(17)9-11/h3-9,16,20H,2,10,19H2,1H3. The zero-order valence-corrected chi connectivity index (χ0v) is 13.0. The Balaban J connectivity index is 2.26. The van der Waals surface area contributed by atoms with Crippen molar-refractivity contribution < 1.29 is 4.39 Å². The summed E-state index contributed by atoms with van der Waals surface area (Å²) in [6, 6.07) is 13.3. The van der Waals surface area contributed by atoms with Gasteiger partial charge in [0, 0.05) is 0 Å². The molecule has 0 fully saturated rings. The minimum atomic E-state index is -0.250. The summed E-state index contributed by atoms with van der Waals surface area (Å²) in [4.78, 5) is 0. The molecule has 1 unspecified atom stereocenters. The maximum absolute atomic E-state index is 13.3. The molecule has 4 heteroatoms. The third kappa shape index (κ3) is 3.45. The van der Waals surface area contributed by atoms with Gasteiger partial charge in [-0.25, -0.2) is 4.39 Å². The van der Waals surface area contributed by atoms with E-state index in [1.54, 1.807) is 12.1 Å². The number of halogens is 2. The Morgan fingerprint density at radius 2 is 2.00 bits per heavy atom. The summed E-state index contributed by atoms with van der Waals surface area (Å²) >= 11 is 3.22. The van der Waals surface area contributed by atoms with E-state index in [1.165, 1.54) is 17.2 Å². The van der Waals surface area contributed by atoms with Crippen molar-refractivity contribution in [2.45, 2.75) is 25.8 Å². The molecule has 0 saturated carbocycles. The second kappa shape index (κ2) is 6.97. The summed E-state index contributed by atoms with van der Waals surface area (Å²) in [5, 5.41) is 0. The van der Waals surface area contributed by atoms with Crippen molar-refractivity contribution >= 4 is 15.9 Å². The molecule has 106 valence electrons. The second-order valence-electron chi connectivity index (χ2n) is 4.72. The highest BCUT2D eigenvalue weighted by atomic mass is 79.9. The monoisotopic (exact) mass is 336 g/mol. The molecular formula is C16H18BrFN2. The topological polar surface area (TPSA) is 38.0 Å². The summed E-state index contributed by atoms with van der Waals surface area (Å²) < 4.78 is 13.8. The lowest BCUT2D eigenvalue weighted by Crippen LogP contribution is -2.30. The Kier molecular flexibility index (Phi) is 5.29. The molecule has 0 spiro atoms. The minimum absolute atomic E-state index is 0.0171. The first kappa shape index (κ1) is 15.2. The van der Waals surface area contributed by atoms with Gasteiger partial charge in [0.2, 0.25) is 0 Å². The molecule has 0 aromatic heterocycles.